The largest absolute Gasteiger partial charge is 0.492 e. The Hall–Kier alpha value is -2.82. The van der Waals surface area contributed by atoms with E-state index in [2.05, 4.69) is 152 Å². The van der Waals surface area contributed by atoms with Crippen LogP contribution in [0.15, 0.2) is 84.9 Å². The van der Waals surface area contributed by atoms with Crippen LogP contribution in [0.3, 0.4) is 0 Å². The molecule has 0 N–H and O–H groups in total. The lowest BCUT2D eigenvalue weighted by molar-refractivity contribution is 0.333. The molecular formula is C37H42O2S2. The van der Waals surface area contributed by atoms with Crippen molar-refractivity contribution in [2.75, 3.05) is 24.7 Å². The molecule has 5 rings (SSSR count). The fourth-order valence-corrected chi connectivity index (χ4v) is 6.47. The summed E-state index contributed by atoms with van der Waals surface area (Å²) in [5.41, 5.74) is 9.31. The van der Waals surface area contributed by atoms with Gasteiger partial charge in [-0.25, -0.2) is 0 Å². The van der Waals surface area contributed by atoms with E-state index in [4.69, 9.17) is 9.47 Å². The molecule has 1 aliphatic carbocycles. The summed E-state index contributed by atoms with van der Waals surface area (Å²) in [5, 5.41) is 0. The number of ether oxygens (including phenoxy) is 2. The molecule has 0 saturated heterocycles. The molecule has 0 aliphatic heterocycles. The zero-order valence-corrected chi connectivity index (χ0v) is 26.9. The first kappa shape index (κ1) is 29.7. The molecule has 0 saturated carbocycles. The van der Waals surface area contributed by atoms with Crippen molar-refractivity contribution in [3.63, 3.8) is 0 Å². The summed E-state index contributed by atoms with van der Waals surface area (Å²) in [6, 6.07) is 31.4. The molecular weight excluding hydrogens is 541 g/mol. The number of hydrogen-bond donors (Lipinski definition) is 2. The van der Waals surface area contributed by atoms with Gasteiger partial charge in [-0.15, -0.1) is 0 Å². The van der Waals surface area contributed by atoms with E-state index < -0.39 is 5.41 Å². The van der Waals surface area contributed by atoms with E-state index >= 15 is 0 Å². The summed E-state index contributed by atoms with van der Waals surface area (Å²) in [6.45, 7) is 14.7. The fraction of sp³-hybridized carbons (Fsp3) is 0.351. The van der Waals surface area contributed by atoms with E-state index in [1.165, 1.54) is 44.5 Å². The quantitative estimate of drug-likeness (QED) is 0.178. The Morgan fingerprint density at radius 3 is 1.32 bits per heavy atom. The van der Waals surface area contributed by atoms with Gasteiger partial charge in [0.05, 0.1) is 18.6 Å². The molecule has 0 spiro atoms. The average molecular weight is 583 g/mol. The van der Waals surface area contributed by atoms with Gasteiger partial charge < -0.3 is 9.47 Å². The van der Waals surface area contributed by atoms with E-state index in [1.54, 1.807) is 0 Å². The molecule has 0 amide bonds. The summed E-state index contributed by atoms with van der Waals surface area (Å²) in [4.78, 5) is 0. The zero-order valence-electron chi connectivity index (χ0n) is 25.1. The Morgan fingerprint density at radius 2 is 0.951 bits per heavy atom. The minimum atomic E-state index is -0.503. The van der Waals surface area contributed by atoms with Crippen LogP contribution in [0.25, 0.3) is 11.1 Å². The topological polar surface area (TPSA) is 18.5 Å². The maximum Gasteiger partial charge on any atom is 0.123 e. The number of rotatable bonds is 8. The molecule has 0 bridgehead atoms. The van der Waals surface area contributed by atoms with Gasteiger partial charge in [-0.2, -0.15) is 25.3 Å². The zero-order chi connectivity index (χ0) is 29.4. The third kappa shape index (κ3) is 5.30. The van der Waals surface area contributed by atoms with Gasteiger partial charge >= 0.3 is 0 Å². The molecule has 0 fully saturated rings. The maximum atomic E-state index is 6.23. The molecule has 0 heterocycles. The smallest absolute Gasteiger partial charge is 0.123 e. The fourth-order valence-electron chi connectivity index (χ4n) is 6.29. The summed E-state index contributed by atoms with van der Waals surface area (Å²) < 4.78 is 12.5. The van der Waals surface area contributed by atoms with Crippen molar-refractivity contribution in [3.8, 4) is 22.6 Å². The van der Waals surface area contributed by atoms with E-state index in [1.807, 2.05) is 0 Å². The van der Waals surface area contributed by atoms with Gasteiger partial charge in [0.1, 0.15) is 11.5 Å². The molecule has 4 aromatic carbocycles. The molecule has 41 heavy (non-hydrogen) atoms. The normalized spacial score (nSPS) is 14.0. The lowest BCUT2D eigenvalue weighted by Gasteiger charge is -2.36. The molecule has 2 nitrogen and oxygen atoms in total. The standard InChI is InChI=1S/C37H42O2S2/c1-35(2,3)31-23-25(15-17-33(31)38-19-21-40)37(26-16-18-34(39-20-22-41)32(24-26)36(4,5)6)29-13-9-7-11-27(29)28-12-8-10-14-30(28)37/h7-18,23-24,40-41H,19-22H2,1-6H3. The van der Waals surface area contributed by atoms with E-state index in [0.717, 1.165) is 11.5 Å². The van der Waals surface area contributed by atoms with Crippen molar-refractivity contribution in [1.82, 2.24) is 0 Å². The Balaban J connectivity index is 1.88. The number of fused-ring (bicyclic) bond motifs is 3. The van der Waals surface area contributed by atoms with Crippen LogP contribution in [0, 0.1) is 0 Å². The van der Waals surface area contributed by atoms with Crippen LogP contribution in [0.2, 0.25) is 0 Å². The third-order valence-corrected chi connectivity index (χ3v) is 8.46. The highest BCUT2D eigenvalue weighted by Crippen LogP contribution is 2.57. The van der Waals surface area contributed by atoms with Crippen LogP contribution in [-0.2, 0) is 16.2 Å². The first-order valence-electron chi connectivity index (χ1n) is 14.5. The Bertz CT molecular complexity index is 1420. The summed E-state index contributed by atoms with van der Waals surface area (Å²) in [5.74, 6) is 3.20. The van der Waals surface area contributed by atoms with Crippen LogP contribution in [-0.4, -0.2) is 24.7 Å². The first-order chi connectivity index (χ1) is 19.5. The molecule has 0 unspecified atom stereocenters. The van der Waals surface area contributed by atoms with E-state index in [9.17, 15) is 0 Å². The Labute approximate surface area is 257 Å². The van der Waals surface area contributed by atoms with Crippen LogP contribution in [0.4, 0.5) is 0 Å². The third-order valence-electron chi connectivity index (χ3n) is 8.09. The van der Waals surface area contributed by atoms with Crippen LogP contribution < -0.4 is 9.47 Å². The molecule has 0 radical (unpaired) electrons. The number of hydrogen-bond acceptors (Lipinski definition) is 4. The van der Waals surface area contributed by atoms with Gasteiger partial charge in [0.25, 0.3) is 0 Å². The molecule has 214 valence electrons. The van der Waals surface area contributed by atoms with Crippen molar-refractivity contribution in [2.45, 2.75) is 57.8 Å². The average Bonchev–Trinajstić information content (AvgIpc) is 3.25. The highest BCUT2D eigenvalue weighted by molar-refractivity contribution is 7.80. The first-order valence-corrected chi connectivity index (χ1v) is 15.8. The Kier molecular flexibility index (Phi) is 8.29. The monoisotopic (exact) mass is 582 g/mol. The second-order valence-corrected chi connectivity index (χ2v) is 13.8. The molecule has 0 atom stereocenters. The van der Waals surface area contributed by atoms with Crippen molar-refractivity contribution >= 4 is 25.3 Å². The minimum absolute atomic E-state index is 0.109. The molecule has 1 aliphatic rings. The van der Waals surface area contributed by atoms with Crippen molar-refractivity contribution < 1.29 is 9.47 Å². The van der Waals surface area contributed by atoms with Gasteiger partial charge in [-0.1, -0.05) is 102 Å². The number of benzene rings is 4. The highest BCUT2D eigenvalue weighted by atomic mass is 32.1. The van der Waals surface area contributed by atoms with Gasteiger partial charge in [-0.05, 0) is 79.6 Å². The number of thiol groups is 2. The second kappa shape index (κ2) is 11.5. The highest BCUT2D eigenvalue weighted by Gasteiger charge is 2.47. The molecule has 0 aromatic heterocycles. The molecule has 4 aromatic rings. The second-order valence-electron chi connectivity index (χ2n) is 12.9. The molecule has 4 heteroatoms. The van der Waals surface area contributed by atoms with E-state index in [0.29, 0.717) is 24.7 Å². The van der Waals surface area contributed by atoms with Gasteiger partial charge in [0.15, 0.2) is 0 Å². The van der Waals surface area contributed by atoms with Crippen LogP contribution >= 0.6 is 25.3 Å². The van der Waals surface area contributed by atoms with Gasteiger partial charge in [-0.3, -0.25) is 0 Å². The summed E-state index contributed by atoms with van der Waals surface area (Å²) in [7, 11) is 0. The summed E-state index contributed by atoms with van der Waals surface area (Å²) in [6.07, 6.45) is 0. The Morgan fingerprint density at radius 1 is 0.561 bits per heavy atom. The lowest BCUT2D eigenvalue weighted by Crippen LogP contribution is -2.30. The van der Waals surface area contributed by atoms with Gasteiger partial charge in [0, 0.05) is 11.5 Å². The SMILES string of the molecule is CC(C)(C)c1cc(C2(c3ccc(OCCS)c(C(C)(C)C)c3)c3ccccc3-c3ccccc32)ccc1OCCS. The predicted molar refractivity (Wildman–Crippen MR) is 180 cm³/mol. The lowest BCUT2D eigenvalue weighted by atomic mass is 9.66. The van der Waals surface area contributed by atoms with Crippen molar-refractivity contribution in [1.29, 1.82) is 0 Å². The minimum Gasteiger partial charge on any atom is -0.492 e. The van der Waals surface area contributed by atoms with Crippen molar-refractivity contribution in [3.05, 3.63) is 118 Å². The van der Waals surface area contributed by atoms with E-state index in [-0.39, 0.29) is 10.8 Å². The predicted octanol–water partition coefficient (Wildman–Crippen LogP) is 9.26. The summed E-state index contributed by atoms with van der Waals surface area (Å²) >= 11 is 8.79. The van der Waals surface area contributed by atoms with Gasteiger partial charge in [0.2, 0.25) is 0 Å². The van der Waals surface area contributed by atoms with Crippen molar-refractivity contribution in [2.24, 2.45) is 0 Å². The maximum absolute atomic E-state index is 6.23. The van der Waals surface area contributed by atoms with Crippen LogP contribution in [0.1, 0.15) is 74.9 Å². The van der Waals surface area contributed by atoms with Crippen LogP contribution in [0.5, 0.6) is 11.5 Å².